The van der Waals surface area contributed by atoms with Crippen molar-refractivity contribution in [3.05, 3.63) is 23.3 Å². The number of nitrogens with zero attached hydrogens (tertiary/aromatic N) is 1. The summed E-state index contributed by atoms with van der Waals surface area (Å²) in [5.74, 6) is -7.29. The molecule has 13 heteroatoms. The fourth-order valence-electron chi connectivity index (χ4n) is 9.46. The number of Topliss-reactive ketones (excluding diaryl/α,β-unsaturated/α-hetero) is 2. The number of ether oxygens (including phenoxy) is 5. The van der Waals surface area contributed by atoms with Crippen LogP contribution in [0, 0.1) is 29.6 Å². The van der Waals surface area contributed by atoms with Crippen molar-refractivity contribution in [1.29, 1.82) is 0 Å². The minimum Gasteiger partial charge on any atom is -0.456 e. The van der Waals surface area contributed by atoms with E-state index in [0.717, 1.165) is 18.4 Å². The van der Waals surface area contributed by atoms with E-state index >= 15 is 0 Å². The van der Waals surface area contributed by atoms with Crippen LogP contribution in [0.2, 0.25) is 0 Å². The number of hydrogen-bond donors (Lipinski definition) is 2. The van der Waals surface area contributed by atoms with Gasteiger partial charge in [-0.05, 0) is 95.0 Å². The van der Waals surface area contributed by atoms with Gasteiger partial charge in [-0.15, -0.1) is 11.6 Å². The van der Waals surface area contributed by atoms with E-state index in [4.69, 9.17) is 35.3 Å². The van der Waals surface area contributed by atoms with E-state index < -0.39 is 77.8 Å². The maximum atomic E-state index is 14.3. The van der Waals surface area contributed by atoms with E-state index in [1.54, 1.807) is 35.2 Å². The number of ketones is 2. The minimum absolute atomic E-state index is 0.0470. The third kappa shape index (κ3) is 11.3. The van der Waals surface area contributed by atoms with E-state index in [1.165, 1.54) is 4.90 Å². The molecule has 1 aliphatic carbocycles. The Hall–Kier alpha value is -2.19. The molecule has 12 nitrogen and oxygen atoms in total. The number of piperidine rings is 1. The molecule has 57 heavy (non-hydrogen) atoms. The molecule has 1 saturated carbocycles. The van der Waals surface area contributed by atoms with Gasteiger partial charge < -0.3 is 38.8 Å². The Kier molecular flexibility index (Phi) is 17.8. The highest BCUT2D eigenvalue weighted by Crippen LogP contribution is 2.39. The Labute approximate surface area is 345 Å². The molecular weight excluding hydrogens is 754 g/mol. The predicted octanol–water partition coefficient (Wildman–Crippen LogP) is 6.11. The Balaban J connectivity index is 1.78. The zero-order valence-electron chi connectivity index (χ0n) is 35.7. The molecule has 0 unspecified atom stereocenters. The molecule has 3 aliphatic heterocycles. The number of halogens is 1. The Morgan fingerprint density at radius 2 is 1.61 bits per heavy atom. The minimum atomic E-state index is -2.49. The maximum absolute atomic E-state index is 14.3. The lowest BCUT2D eigenvalue weighted by atomic mass is 9.81. The molecule has 3 fully saturated rings. The van der Waals surface area contributed by atoms with Crippen molar-refractivity contribution in [2.75, 3.05) is 27.9 Å². The molecule has 0 aromatic heterocycles. The quantitative estimate of drug-likeness (QED) is 0.132. The average Bonchev–Trinajstić information content (AvgIpc) is 3.20. The Morgan fingerprint density at radius 1 is 0.947 bits per heavy atom. The van der Waals surface area contributed by atoms with Crippen LogP contribution in [-0.2, 0) is 42.9 Å². The lowest BCUT2D eigenvalue weighted by Gasteiger charge is -2.47. The zero-order chi connectivity index (χ0) is 42.2. The lowest BCUT2D eigenvalue weighted by Crippen LogP contribution is -2.64. The van der Waals surface area contributed by atoms with Crippen LogP contribution in [0.1, 0.15) is 119 Å². The molecule has 0 aromatic rings. The summed E-state index contributed by atoms with van der Waals surface area (Å²) in [4.78, 5) is 57.9. The second-order valence-electron chi connectivity index (χ2n) is 17.3. The van der Waals surface area contributed by atoms with Crippen LogP contribution in [0.5, 0.6) is 0 Å². The Morgan fingerprint density at radius 3 is 2.25 bits per heavy atom. The van der Waals surface area contributed by atoms with Crippen LogP contribution in [0.3, 0.4) is 0 Å². The summed E-state index contributed by atoms with van der Waals surface area (Å²) in [6.07, 6.45) is 5.98. The maximum Gasteiger partial charge on any atom is 0.329 e. The number of methoxy groups -OCH3 is 3. The number of allylic oxidation sites excluding steroid dienone is 3. The highest BCUT2D eigenvalue weighted by molar-refractivity contribution is 6.39. The molecule has 14 atom stereocenters. The fraction of sp³-hybridized carbons (Fsp3) is 0.818. The second kappa shape index (κ2) is 21.4. The third-order valence-corrected chi connectivity index (χ3v) is 13.7. The average molecular weight is 824 g/mol. The highest BCUT2D eigenvalue weighted by atomic mass is 35.5. The molecule has 2 bridgehead atoms. The van der Waals surface area contributed by atoms with Gasteiger partial charge in [0.05, 0.1) is 29.8 Å². The lowest BCUT2D eigenvalue weighted by molar-refractivity contribution is -0.302. The van der Waals surface area contributed by atoms with Crippen molar-refractivity contribution >= 4 is 35.0 Å². The van der Waals surface area contributed by atoms with Crippen LogP contribution in [-0.4, -0.2) is 120 Å². The summed E-state index contributed by atoms with van der Waals surface area (Å²) >= 11 is 6.53. The molecule has 0 aromatic carbocycles. The Bertz CT molecular complexity index is 1450. The van der Waals surface area contributed by atoms with Crippen molar-refractivity contribution in [3.8, 4) is 0 Å². The van der Waals surface area contributed by atoms with Gasteiger partial charge >= 0.3 is 5.97 Å². The van der Waals surface area contributed by atoms with E-state index in [2.05, 4.69) is 6.92 Å². The van der Waals surface area contributed by atoms with Crippen molar-refractivity contribution in [1.82, 2.24) is 4.90 Å². The molecule has 4 aliphatic rings. The molecule has 2 N–H and O–H groups in total. The van der Waals surface area contributed by atoms with Gasteiger partial charge in [-0.3, -0.25) is 14.4 Å². The number of cyclic esters (lactones) is 1. The first kappa shape index (κ1) is 47.5. The van der Waals surface area contributed by atoms with Crippen molar-refractivity contribution < 1.29 is 53.1 Å². The first-order valence-corrected chi connectivity index (χ1v) is 21.7. The molecule has 324 valence electrons. The topological polar surface area (TPSA) is 158 Å². The number of aliphatic hydroxyl groups is 2. The number of hydrogen-bond acceptors (Lipinski definition) is 11. The van der Waals surface area contributed by atoms with E-state index in [9.17, 15) is 29.4 Å². The van der Waals surface area contributed by atoms with Gasteiger partial charge in [-0.1, -0.05) is 52.3 Å². The van der Waals surface area contributed by atoms with Gasteiger partial charge in [-0.2, -0.15) is 0 Å². The normalized spacial score (nSPS) is 40.1. The van der Waals surface area contributed by atoms with E-state index in [1.807, 2.05) is 32.9 Å². The van der Waals surface area contributed by atoms with Crippen LogP contribution >= 0.6 is 11.6 Å². The highest BCUT2D eigenvalue weighted by Gasteiger charge is 2.56. The summed E-state index contributed by atoms with van der Waals surface area (Å²) in [5, 5.41) is 23.7. The van der Waals surface area contributed by atoms with E-state index in [-0.39, 0.29) is 54.9 Å². The number of rotatable bonds is 7. The standard InChI is InChI=1S/C44H70ClNO11/c1-10-29-18-25(3)19-37(54-8)40-38(55-9)21-27(5)44(52,57-40)41(49)42(50)46-17-13-12-14-33(46)43(51)56-39(28(6)34(47)24-35(48)31(11-2)22-29)26(4)20-30-15-16-32(45)36(23-30)53-7/h20,22,25,27-28,30-34,36-40,47,52H,10-19,21,23-24H2,1-9H3/b26-20+,29-22?/t25-,27+,28+,30-,31+,32-,33-,34-,36+,37-,38-,39+,40+,44+/m0/s1. The molecule has 4 rings (SSSR count). The van der Waals surface area contributed by atoms with Gasteiger partial charge in [0.25, 0.3) is 11.7 Å². The van der Waals surface area contributed by atoms with Gasteiger partial charge in [0.15, 0.2) is 0 Å². The first-order chi connectivity index (χ1) is 27.0. The molecule has 0 spiro atoms. The predicted molar refractivity (Wildman–Crippen MR) is 216 cm³/mol. The number of amides is 1. The van der Waals surface area contributed by atoms with Gasteiger partial charge in [-0.25, -0.2) is 4.79 Å². The zero-order valence-corrected chi connectivity index (χ0v) is 36.5. The summed E-state index contributed by atoms with van der Waals surface area (Å²) in [6, 6.07) is -1.12. The van der Waals surface area contributed by atoms with Crippen LogP contribution in [0.4, 0.5) is 0 Å². The second-order valence-corrected chi connectivity index (χ2v) is 17.8. The molecule has 1 amide bonds. The van der Waals surface area contributed by atoms with Crippen LogP contribution in [0.15, 0.2) is 23.3 Å². The number of alkyl halides is 1. The van der Waals surface area contributed by atoms with Crippen molar-refractivity contribution in [2.45, 2.75) is 172 Å². The largest absolute Gasteiger partial charge is 0.456 e. The number of carbonyl (C=O) groups excluding carboxylic acids is 4. The van der Waals surface area contributed by atoms with E-state index in [0.29, 0.717) is 50.5 Å². The first-order valence-electron chi connectivity index (χ1n) is 21.3. The summed E-state index contributed by atoms with van der Waals surface area (Å²) in [6.45, 7) is 11.5. The fourth-order valence-corrected chi connectivity index (χ4v) is 9.79. The third-order valence-electron chi connectivity index (χ3n) is 13.2. The molecule has 3 heterocycles. The number of fused-ring (bicyclic) bond motifs is 3. The van der Waals surface area contributed by atoms with Gasteiger partial charge in [0, 0.05) is 52.0 Å². The summed E-state index contributed by atoms with van der Waals surface area (Å²) in [7, 11) is 4.73. The van der Waals surface area contributed by atoms with Gasteiger partial charge in [0.2, 0.25) is 5.79 Å². The smallest absolute Gasteiger partial charge is 0.329 e. The van der Waals surface area contributed by atoms with Crippen LogP contribution < -0.4 is 0 Å². The number of esters is 1. The molecule has 2 saturated heterocycles. The van der Waals surface area contributed by atoms with Gasteiger partial charge in [0.1, 0.15) is 24.0 Å². The SMILES string of the molecule is CCC1=C[C@@H](CC)C(=O)C[C@H](O)[C@@H](C)[C@@H](/C(C)=C/[C@@H]2CC[C@H](Cl)[C@H](OC)C2)OC(=O)[C@@H]2CCCCN2C(=O)C(=O)[C@]2(O)O[C@H]([C@@H](OC)C[C@@H](C)C1)[C@@H](OC)C[C@H]2C. The van der Waals surface area contributed by atoms with Crippen LogP contribution in [0.25, 0.3) is 0 Å². The van der Waals surface area contributed by atoms with Crippen molar-refractivity contribution in [3.63, 3.8) is 0 Å². The monoisotopic (exact) mass is 823 g/mol. The molecule has 0 radical (unpaired) electrons. The summed E-state index contributed by atoms with van der Waals surface area (Å²) < 4.78 is 30.0. The van der Waals surface area contributed by atoms with Crippen molar-refractivity contribution in [2.24, 2.45) is 29.6 Å². The number of aliphatic hydroxyl groups excluding tert-OH is 1. The number of carbonyl (C=O) groups is 4. The summed E-state index contributed by atoms with van der Waals surface area (Å²) in [5.41, 5.74) is 1.80. The molecular formula is C44H70ClNO11.